The molecule has 0 bridgehead atoms. The fourth-order valence-electron chi connectivity index (χ4n) is 2.37. The van der Waals surface area contributed by atoms with Crippen LogP contribution in [0.25, 0.3) is 0 Å². The zero-order valence-corrected chi connectivity index (χ0v) is 12.0. The molecule has 0 aliphatic carbocycles. The molecule has 0 saturated heterocycles. The first-order valence-corrected chi connectivity index (χ1v) is 7.62. The fraction of sp³-hybridized carbons (Fsp3) is 0.400. The zero-order chi connectivity index (χ0) is 13.1. The topological polar surface area (TPSA) is 37.0 Å². The predicted molar refractivity (Wildman–Crippen MR) is 79.0 cm³/mol. The lowest BCUT2D eigenvalue weighted by molar-refractivity contribution is 0.689. The number of hydrogen-bond acceptors (Lipinski definition) is 4. The maximum atomic E-state index is 4.42. The third kappa shape index (κ3) is 3.03. The smallest absolute Gasteiger partial charge is 0.107 e. The van der Waals surface area contributed by atoms with Gasteiger partial charge in [-0.25, -0.2) is 4.98 Å². The van der Waals surface area contributed by atoms with E-state index in [2.05, 4.69) is 40.7 Å². The lowest BCUT2D eigenvalue weighted by Gasteiger charge is -2.05. The van der Waals surface area contributed by atoms with Crippen molar-refractivity contribution in [3.05, 3.63) is 51.0 Å². The van der Waals surface area contributed by atoms with Crippen molar-refractivity contribution < 1.29 is 0 Å². The summed E-state index contributed by atoms with van der Waals surface area (Å²) in [6.45, 7) is 5.97. The highest BCUT2D eigenvalue weighted by atomic mass is 32.1. The second kappa shape index (κ2) is 5.82. The Morgan fingerprint density at radius 3 is 3.00 bits per heavy atom. The monoisotopic (exact) mass is 273 g/mol. The van der Waals surface area contributed by atoms with E-state index in [9.17, 15) is 0 Å². The predicted octanol–water partition coefficient (Wildman–Crippen LogP) is 2.60. The third-order valence-corrected chi connectivity index (χ3v) is 4.60. The Morgan fingerprint density at radius 1 is 1.26 bits per heavy atom. The number of hydrogen-bond donors (Lipinski definition) is 2. The molecule has 2 N–H and O–H groups in total. The number of rotatable bonds is 5. The molecular weight excluding hydrogens is 254 g/mol. The van der Waals surface area contributed by atoms with Gasteiger partial charge >= 0.3 is 0 Å². The van der Waals surface area contributed by atoms with Crippen LogP contribution >= 0.6 is 11.3 Å². The molecule has 2 heterocycles. The van der Waals surface area contributed by atoms with Gasteiger partial charge < -0.3 is 10.6 Å². The van der Waals surface area contributed by atoms with Crippen molar-refractivity contribution in [1.82, 2.24) is 15.6 Å². The van der Waals surface area contributed by atoms with Gasteiger partial charge in [0.25, 0.3) is 0 Å². The summed E-state index contributed by atoms with van der Waals surface area (Å²) in [6, 6.07) is 6.77. The van der Waals surface area contributed by atoms with Crippen LogP contribution in [0.15, 0.2) is 24.4 Å². The molecule has 0 atom stereocenters. The molecule has 0 spiro atoms. The molecule has 0 amide bonds. The molecule has 1 aromatic heterocycles. The van der Waals surface area contributed by atoms with Crippen LogP contribution in [-0.4, -0.2) is 4.98 Å². The number of aromatic nitrogens is 1. The van der Waals surface area contributed by atoms with Gasteiger partial charge in [0.2, 0.25) is 0 Å². The van der Waals surface area contributed by atoms with E-state index >= 15 is 0 Å². The average molecular weight is 273 g/mol. The summed E-state index contributed by atoms with van der Waals surface area (Å²) < 4.78 is 0. The quantitative estimate of drug-likeness (QED) is 0.879. The molecule has 0 saturated carbocycles. The second-order valence-corrected chi connectivity index (χ2v) is 6.08. The van der Waals surface area contributed by atoms with Crippen LogP contribution in [0, 0.1) is 0 Å². The van der Waals surface area contributed by atoms with E-state index in [-0.39, 0.29) is 0 Å². The Balaban J connectivity index is 1.54. The highest BCUT2D eigenvalue weighted by Crippen LogP contribution is 2.17. The highest BCUT2D eigenvalue weighted by Gasteiger charge is 2.09. The first-order chi connectivity index (χ1) is 9.35. The van der Waals surface area contributed by atoms with Crippen molar-refractivity contribution in [3.63, 3.8) is 0 Å². The Bertz CT molecular complexity index is 562. The van der Waals surface area contributed by atoms with Crippen molar-refractivity contribution in [2.24, 2.45) is 0 Å². The van der Waals surface area contributed by atoms with Gasteiger partial charge in [0.15, 0.2) is 0 Å². The summed E-state index contributed by atoms with van der Waals surface area (Å²) in [5.41, 5.74) is 4.24. The number of nitrogens with zero attached hydrogens (tertiary/aromatic N) is 1. The van der Waals surface area contributed by atoms with Crippen LogP contribution < -0.4 is 10.6 Å². The normalized spacial score (nSPS) is 13.7. The van der Waals surface area contributed by atoms with Gasteiger partial charge in [-0.2, -0.15) is 0 Å². The molecule has 0 fully saturated rings. The van der Waals surface area contributed by atoms with E-state index < -0.39 is 0 Å². The van der Waals surface area contributed by atoms with Crippen LogP contribution in [-0.2, 0) is 32.6 Å². The van der Waals surface area contributed by atoms with Gasteiger partial charge in [-0.15, -0.1) is 11.3 Å². The minimum Gasteiger partial charge on any atom is -0.309 e. The van der Waals surface area contributed by atoms with E-state index in [4.69, 9.17) is 0 Å². The molecule has 1 aliphatic heterocycles. The zero-order valence-electron chi connectivity index (χ0n) is 11.2. The molecule has 3 nitrogen and oxygen atoms in total. The molecule has 2 aromatic rings. The number of fused-ring (bicyclic) bond motifs is 1. The fourth-order valence-corrected chi connectivity index (χ4v) is 3.20. The summed E-state index contributed by atoms with van der Waals surface area (Å²) in [4.78, 5) is 5.78. The number of nitrogens with one attached hydrogen (secondary N) is 2. The largest absolute Gasteiger partial charge is 0.309 e. The molecule has 100 valence electrons. The lowest BCUT2D eigenvalue weighted by Crippen LogP contribution is -2.12. The lowest BCUT2D eigenvalue weighted by atomic mass is 10.1. The maximum Gasteiger partial charge on any atom is 0.107 e. The van der Waals surface area contributed by atoms with Crippen molar-refractivity contribution in [2.75, 3.05) is 0 Å². The maximum absolute atomic E-state index is 4.42. The average Bonchev–Trinajstić information content (AvgIpc) is 3.06. The Morgan fingerprint density at radius 2 is 2.16 bits per heavy atom. The second-order valence-electron chi connectivity index (χ2n) is 4.88. The van der Waals surface area contributed by atoms with Gasteiger partial charge in [-0.1, -0.05) is 25.1 Å². The number of benzene rings is 1. The van der Waals surface area contributed by atoms with Crippen molar-refractivity contribution in [2.45, 2.75) is 39.5 Å². The van der Waals surface area contributed by atoms with Crippen molar-refractivity contribution in [1.29, 1.82) is 0 Å². The summed E-state index contributed by atoms with van der Waals surface area (Å²) in [5.74, 6) is 0. The Labute approximate surface area is 118 Å². The van der Waals surface area contributed by atoms with Gasteiger partial charge in [0, 0.05) is 37.3 Å². The van der Waals surface area contributed by atoms with Gasteiger partial charge in [-0.05, 0) is 23.1 Å². The summed E-state index contributed by atoms with van der Waals surface area (Å²) >= 11 is 1.80. The number of thiazole rings is 1. The molecule has 19 heavy (non-hydrogen) atoms. The summed E-state index contributed by atoms with van der Waals surface area (Å²) in [6.07, 6.45) is 3.07. The SMILES string of the molecule is CCc1cnc(CNCc2ccc3c(c2)CNC3)s1. The molecule has 0 radical (unpaired) electrons. The molecular formula is C15H19N3S. The van der Waals surface area contributed by atoms with E-state index in [1.807, 2.05) is 6.20 Å². The molecule has 3 rings (SSSR count). The van der Waals surface area contributed by atoms with Crippen molar-refractivity contribution in [3.8, 4) is 0 Å². The van der Waals surface area contributed by atoms with Gasteiger partial charge in [0.05, 0.1) is 0 Å². The van der Waals surface area contributed by atoms with Gasteiger partial charge in [0.1, 0.15) is 5.01 Å². The molecule has 0 unspecified atom stereocenters. The van der Waals surface area contributed by atoms with Crippen LogP contribution in [0.3, 0.4) is 0 Å². The summed E-state index contributed by atoms with van der Waals surface area (Å²) in [5, 5.41) is 8.03. The van der Waals surface area contributed by atoms with E-state index in [0.717, 1.165) is 32.6 Å². The van der Waals surface area contributed by atoms with Crippen LogP contribution in [0.4, 0.5) is 0 Å². The highest BCUT2D eigenvalue weighted by molar-refractivity contribution is 7.11. The van der Waals surface area contributed by atoms with E-state index in [1.54, 1.807) is 11.3 Å². The third-order valence-electron chi connectivity index (χ3n) is 3.46. The van der Waals surface area contributed by atoms with Crippen LogP contribution in [0.1, 0.15) is 33.5 Å². The first kappa shape index (κ1) is 12.8. The molecule has 1 aliphatic rings. The molecule has 4 heteroatoms. The minimum atomic E-state index is 0.861. The van der Waals surface area contributed by atoms with E-state index in [0.29, 0.717) is 0 Å². The number of aryl methyl sites for hydroxylation is 1. The van der Waals surface area contributed by atoms with Crippen LogP contribution in [0.2, 0.25) is 0 Å². The minimum absolute atomic E-state index is 0.861. The summed E-state index contributed by atoms with van der Waals surface area (Å²) in [7, 11) is 0. The van der Waals surface area contributed by atoms with E-state index in [1.165, 1.54) is 26.6 Å². The first-order valence-electron chi connectivity index (χ1n) is 6.81. The Kier molecular flexibility index (Phi) is 3.92. The molecule has 1 aromatic carbocycles. The van der Waals surface area contributed by atoms with Gasteiger partial charge in [-0.3, -0.25) is 0 Å². The van der Waals surface area contributed by atoms with Crippen molar-refractivity contribution >= 4 is 11.3 Å². The van der Waals surface area contributed by atoms with Crippen LogP contribution in [0.5, 0.6) is 0 Å². The standard InChI is InChI=1S/C15H19N3S/c1-2-14-9-18-15(19-14)10-16-6-11-3-4-12-7-17-8-13(12)5-11/h3-5,9,16-17H,2,6-8,10H2,1H3. The Hall–Kier alpha value is -1.23.